The van der Waals surface area contributed by atoms with Crippen molar-refractivity contribution in [3.8, 4) is 0 Å². The quantitative estimate of drug-likeness (QED) is 0.565. The van der Waals surface area contributed by atoms with Crippen LogP contribution in [-0.4, -0.2) is 16.6 Å². The number of carbonyl (C=O) groups excluding carboxylic acids is 1. The van der Waals surface area contributed by atoms with Crippen molar-refractivity contribution in [2.45, 2.75) is 32.9 Å². The van der Waals surface area contributed by atoms with Crippen molar-refractivity contribution in [3.05, 3.63) is 102 Å². The summed E-state index contributed by atoms with van der Waals surface area (Å²) in [6, 6.07) is 16.2. The lowest BCUT2D eigenvalue weighted by Crippen LogP contribution is -2.40. The maximum absolute atomic E-state index is 13.5. The summed E-state index contributed by atoms with van der Waals surface area (Å²) in [6.07, 6.45) is 1.48. The first-order chi connectivity index (χ1) is 14.9. The third-order valence-electron chi connectivity index (χ3n) is 4.89. The molecular formula is C24H21ClN2O3S. The van der Waals surface area contributed by atoms with Crippen molar-refractivity contribution in [3.63, 3.8) is 0 Å². The molecule has 0 radical (unpaired) electrons. The van der Waals surface area contributed by atoms with Gasteiger partial charge in [-0.05, 0) is 44.0 Å². The van der Waals surface area contributed by atoms with Crippen LogP contribution in [-0.2, 0) is 9.53 Å². The molecule has 0 saturated heterocycles. The van der Waals surface area contributed by atoms with Crippen LogP contribution >= 0.6 is 22.9 Å². The molecule has 0 N–H and O–H groups in total. The summed E-state index contributed by atoms with van der Waals surface area (Å²) in [4.78, 5) is 31.6. The van der Waals surface area contributed by atoms with Crippen LogP contribution in [0.3, 0.4) is 0 Å². The molecule has 0 bridgehead atoms. The van der Waals surface area contributed by atoms with Gasteiger partial charge in [0.15, 0.2) is 4.80 Å². The Hall–Kier alpha value is -2.96. The van der Waals surface area contributed by atoms with Gasteiger partial charge < -0.3 is 4.74 Å². The number of hydrogen-bond donors (Lipinski definition) is 0. The average Bonchev–Trinajstić information content (AvgIpc) is 3.03. The standard InChI is InChI=1S/C24H21ClN2O3S/c1-14(2)30-23(29)20-15(3)26-24-27(21(20)16-9-5-4-6-10-16)22(28)19(31-24)13-17-11-7-8-12-18(17)25/h4-14,21H,1-3H3. The van der Waals surface area contributed by atoms with Gasteiger partial charge in [-0.15, -0.1) is 0 Å². The van der Waals surface area contributed by atoms with E-state index < -0.39 is 12.0 Å². The van der Waals surface area contributed by atoms with E-state index in [1.165, 1.54) is 11.3 Å². The third kappa shape index (κ3) is 4.13. The van der Waals surface area contributed by atoms with E-state index in [2.05, 4.69) is 4.99 Å². The predicted molar refractivity (Wildman–Crippen MR) is 123 cm³/mol. The number of hydrogen-bond acceptors (Lipinski definition) is 5. The molecule has 0 spiro atoms. The van der Waals surface area contributed by atoms with Crippen molar-refractivity contribution in [1.82, 2.24) is 4.57 Å². The Morgan fingerprint density at radius 1 is 1.16 bits per heavy atom. The Labute approximate surface area is 188 Å². The number of halogens is 1. The second kappa shape index (κ2) is 8.65. The van der Waals surface area contributed by atoms with E-state index in [-0.39, 0.29) is 11.7 Å². The van der Waals surface area contributed by atoms with E-state index in [0.29, 0.717) is 25.6 Å². The molecule has 1 aliphatic heterocycles. The number of fused-ring (bicyclic) bond motifs is 1. The van der Waals surface area contributed by atoms with Crippen LogP contribution in [0.4, 0.5) is 0 Å². The highest BCUT2D eigenvalue weighted by Gasteiger charge is 2.33. The Bertz CT molecular complexity index is 1350. The van der Waals surface area contributed by atoms with Crippen LogP contribution in [0.25, 0.3) is 6.08 Å². The number of carbonyl (C=O) groups is 1. The lowest BCUT2D eigenvalue weighted by Gasteiger charge is -2.25. The van der Waals surface area contributed by atoms with Crippen LogP contribution < -0.4 is 14.9 Å². The number of ether oxygens (including phenoxy) is 1. The minimum absolute atomic E-state index is 0.222. The molecule has 1 atom stereocenters. The van der Waals surface area contributed by atoms with Crippen LogP contribution in [0, 0.1) is 0 Å². The van der Waals surface area contributed by atoms with Gasteiger partial charge in [-0.25, -0.2) is 9.79 Å². The molecule has 31 heavy (non-hydrogen) atoms. The second-order valence-electron chi connectivity index (χ2n) is 7.47. The summed E-state index contributed by atoms with van der Waals surface area (Å²) in [5.41, 5.74) is 2.26. The largest absolute Gasteiger partial charge is 0.459 e. The molecule has 1 aromatic heterocycles. The van der Waals surface area contributed by atoms with E-state index in [1.807, 2.05) is 48.5 Å². The molecule has 158 valence electrons. The maximum Gasteiger partial charge on any atom is 0.338 e. The molecule has 2 aromatic carbocycles. The number of allylic oxidation sites excluding steroid dienone is 1. The van der Waals surface area contributed by atoms with E-state index in [0.717, 1.165) is 11.1 Å². The van der Waals surface area contributed by atoms with Gasteiger partial charge in [0.2, 0.25) is 0 Å². The number of thiazole rings is 1. The summed E-state index contributed by atoms with van der Waals surface area (Å²) >= 11 is 7.56. The van der Waals surface area contributed by atoms with E-state index in [4.69, 9.17) is 16.3 Å². The van der Waals surface area contributed by atoms with Gasteiger partial charge >= 0.3 is 5.97 Å². The molecule has 1 aliphatic rings. The highest BCUT2D eigenvalue weighted by Crippen LogP contribution is 2.30. The zero-order valence-electron chi connectivity index (χ0n) is 17.3. The lowest BCUT2D eigenvalue weighted by atomic mass is 9.96. The molecule has 0 saturated carbocycles. The van der Waals surface area contributed by atoms with Crippen LogP contribution in [0.5, 0.6) is 0 Å². The van der Waals surface area contributed by atoms with Crippen molar-refractivity contribution in [1.29, 1.82) is 0 Å². The number of esters is 1. The van der Waals surface area contributed by atoms with Gasteiger partial charge in [-0.2, -0.15) is 0 Å². The Kier molecular flexibility index (Phi) is 5.94. The summed E-state index contributed by atoms with van der Waals surface area (Å²) in [7, 11) is 0. The molecule has 2 heterocycles. The smallest absolute Gasteiger partial charge is 0.338 e. The molecule has 0 fully saturated rings. The van der Waals surface area contributed by atoms with Gasteiger partial charge in [-0.1, -0.05) is 71.5 Å². The van der Waals surface area contributed by atoms with Crippen LogP contribution in [0.2, 0.25) is 5.02 Å². The number of benzene rings is 2. The third-order valence-corrected chi connectivity index (χ3v) is 6.22. The van der Waals surface area contributed by atoms with Gasteiger partial charge in [0.1, 0.15) is 0 Å². The zero-order chi connectivity index (χ0) is 22.1. The summed E-state index contributed by atoms with van der Waals surface area (Å²) in [5, 5.41) is 0.560. The summed E-state index contributed by atoms with van der Waals surface area (Å²) in [6.45, 7) is 5.37. The van der Waals surface area contributed by atoms with E-state index in [1.54, 1.807) is 37.5 Å². The fourth-order valence-electron chi connectivity index (χ4n) is 3.54. The minimum atomic E-state index is -0.614. The highest BCUT2D eigenvalue weighted by atomic mass is 35.5. The Balaban J connectivity index is 1.96. The molecule has 5 nitrogen and oxygen atoms in total. The summed E-state index contributed by atoms with van der Waals surface area (Å²) in [5.74, 6) is -0.467. The van der Waals surface area contributed by atoms with Crippen molar-refractivity contribution >= 4 is 35.0 Å². The Morgan fingerprint density at radius 2 is 1.84 bits per heavy atom. The lowest BCUT2D eigenvalue weighted by molar-refractivity contribution is -0.143. The molecule has 0 amide bonds. The highest BCUT2D eigenvalue weighted by molar-refractivity contribution is 7.07. The topological polar surface area (TPSA) is 60.7 Å². The molecule has 7 heteroatoms. The van der Waals surface area contributed by atoms with Crippen molar-refractivity contribution < 1.29 is 9.53 Å². The number of rotatable bonds is 4. The Morgan fingerprint density at radius 3 is 2.52 bits per heavy atom. The minimum Gasteiger partial charge on any atom is -0.459 e. The first-order valence-corrected chi connectivity index (χ1v) is 11.1. The fourth-order valence-corrected chi connectivity index (χ4v) is 4.77. The van der Waals surface area contributed by atoms with Crippen LogP contribution in [0.1, 0.15) is 37.9 Å². The van der Waals surface area contributed by atoms with Gasteiger partial charge in [-0.3, -0.25) is 9.36 Å². The number of aromatic nitrogens is 1. The van der Waals surface area contributed by atoms with Gasteiger partial charge in [0.25, 0.3) is 5.56 Å². The predicted octanol–water partition coefficient (Wildman–Crippen LogP) is 3.84. The molecule has 0 aliphatic carbocycles. The van der Waals surface area contributed by atoms with E-state index >= 15 is 0 Å². The first-order valence-electron chi connectivity index (χ1n) is 9.90. The van der Waals surface area contributed by atoms with E-state index in [9.17, 15) is 9.59 Å². The average molecular weight is 453 g/mol. The fraction of sp³-hybridized carbons (Fsp3) is 0.208. The first kappa shape index (κ1) is 21.3. The van der Waals surface area contributed by atoms with Gasteiger partial charge in [0.05, 0.1) is 27.9 Å². The second-order valence-corrected chi connectivity index (χ2v) is 8.88. The SMILES string of the molecule is CC1=C(C(=O)OC(C)C)C(c2ccccc2)n2c(sc(=Cc3ccccc3Cl)c2=O)=N1. The summed E-state index contributed by atoms with van der Waals surface area (Å²) < 4.78 is 7.57. The zero-order valence-corrected chi connectivity index (χ0v) is 18.9. The molecule has 3 aromatic rings. The number of nitrogens with zero attached hydrogens (tertiary/aromatic N) is 2. The normalized spacial score (nSPS) is 16.3. The van der Waals surface area contributed by atoms with Gasteiger partial charge in [0, 0.05) is 5.02 Å². The molecule has 1 unspecified atom stereocenters. The maximum atomic E-state index is 13.5. The monoisotopic (exact) mass is 452 g/mol. The van der Waals surface area contributed by atoms with Crippen LogP contribution in [0.15, 0.2) is 75.7 Å². The molecule has 4 rings (SSSR count). The molecular weight excluding hydrogens is 432 g/mol. The van der Waals surface area contributed by atoms with Crippen molar-refractivity contribution in [2.75, 3.05) is 0 Å². The van der Waals surface area contributed by atoms with Crippen molar-refractivity contribution in [2.24, 2.45) is 4.99 Å².